The second-order valence-electron chi connectivity index (χ2n) is 6.20. The minimum absolute atomic E-state index is 0.0436. The van der Waals surface area contributed by atoms with E-state index in [0.717, 1.165) is 6.20 Å². The van der Waals surface area contributed by atoms with Crippen molar-refractivity contribution in [1.29, 1.82) is 5.26 Å². The molecule has 1 aliphatic heterocycles. The second-order valence-corrected chi connectivity index (χ2v) is 6.20. The molecule has 0 radical (unpaired) electrons. The molecule has 1 N–H and O–H groups in total. The number of halogens is 3. The molecular formula is C16H16F3N5O. The lowest BCUT2D eigenvalue weighted by Gasteiger charge is -2.28. The highest BCUT2D eigenvalue weighted by Gasteiger charge is 2.36. The Bertz CT molecular complexity index is 830. The van der Waals surface area contributed by atoms with Gasteiger partial charge >= 0.3 is 6.18 Å². The van der Waals surface area contributed by atoms with Gasteiger partial charge in [-0.3, -0.25) is 4.79 Å². The minimum atomic E-state index is -4.45. The third-order valence-electron chi connectivity index (χ3n) is 4.30. The van der Waals surface area contributed by atoms with Crippen molar-refractivity contribution in [2.45, 2.75) is 25.6 Å². The predicted molar refractivity (Wildman–Crippen MR) is 81.5 cm³/mol. The molecule has 2 aromatic heterocycles. The number of aryl methyl sites for hydroxylation is 1. The fourth-order valence-electron chi connectivity index (χ4n) is 3.06. The molecule has 0 saturated carbocycles. The van der Waals surface area contributed by atoms with Gasteiger partial charge in [-0.1, -0.05) is 0 Å². The molecule has 132 valence electrons. The highest BCUT2D eigenvalue weighted by molar-refractivity contribution is 5.92. The van der Waals surface area contributed by atoms with E-state index in [0.29, 0.717) is 43.0 Å². The van der Waals surface area contributed by atoms with Gasteiger partial charge in [0.05, 0.1) is 5.56 Å². The zero-order chi connectivity index (χ0) is 18.2. The van der Waals surface area contributed by atoms with Gasteiger partial charge in [-0.2, -0.15) is 18.4 Å². The molecule has 6 nitrogen and oxygen atoms in total. The molecule has 1 atom stereocenters. The zero-order valence-electron chi connectivity index (χ0n) is 13.5. The van der Waals surface area contributed by atoms with Gasteiger partial charge in [-0.05, 0) is 18.4 Å². The average Bonchev–Trinajstić information content (AvgIpc) is 3.19. The smallest absolute Gasteiger partial charge is 0.356 e. The van der Waals surface area contributed by atoms with E-state index in [2.05, 4.69) is 9.97 Å². The van der Waals surface area contributed by atoms with Crippen LogP contribution in [0.2, 0.25) is 0 Å². The molecule has 0 saturated heterocycles. The summed E-state index contributed by atoms with van der Waals surface area (Å²) in [5.74, 6) is 0.219. The van der Waals surface area contributed by atoms with Crippen LogP contribution in [0.5, 0.6) is 0 Å². The summed E-state index contributed by atoms with van der Waals surface area (Å²) < 4.78 is 39.8. The van der Waals surface area contributed by atoms with Gasteiger partial charge in [-0.15, -0.1) is 0 Å². The highest BCUT2D eigenvalue weighted by atomic mass is 19.4. The number of H-pyrrole nitrogens is 1. The summed E-state index contributed by atoms with van der Waals surface area (Å²) in [5, 5.41) is 8.80. The number of imidazole rings is 1. The van der Waals surface area contributed by atoms with Crippen LogP contribution in [0, 0.1) is 17.2 Å². The largest absolute Gasteiger partial charge is 0.434 e. The zero-order valence-corrected chi connectivity index (χ0v) is 13.5. The third-order valence-corrected chi connectivity index (χ3v) is 4.30. The van der Waals surface area contributed by atoms with Gasteiger partial charge in [0.1, 0.15) is 17.6 Å². The first-order valence-corrected chi connectivity index (χ1v) is 7.75. The molecule has 0 aromatic carbocycles. The molecule has 3 rings (SSSR count). The molecule has 0 fully saturated rings. The number of nitriles is 1. The van der Waals surface area contributed by atoms with E-state index >= 15 is 0 Å². The Morgan fingerprint density at radius 1 is 1.56 bits per heavy atom. The van der Waals surface area contributed by atoms with Gasteiger partial charge in [0.15, 0.2) is 5.69 Å². The van der Waals surface area contributed by atoms with E-state index in [1.807, 2.05) is 6.07 Å². The summed E-state index contributed by atoms with van der Waals surface area (Å²) in [4.78, 5) is 20.3. The van der Waals surface area contributed by atoms with Crippen molar-refractivity contribution >= 4 is 5.91 Å². The van der Waals surface area contributed by atoms with Gasteiger partial charge in [0.2, 0.25) is 0 Å². The van der Waals surface area contributed by atoms with E-state index in [9.17, 15) is 18.0 Å². The Labute approximate surface area is 141 Å². The van der Waals surface area contributed by atoms with Crippen LogP contribution in [0.15, 0.2) is 18.5 Å². The lowest BCUT2D eigenvalue weighted by atomic mass is 9.99. The first-order valence-electron chi connectivity index (χ1n) is 7.75. The number of carbonyl (C=O) groups excluding carboxylic acids is 1. The van der Waals surface area contributed by atoms with Crippen molar-refractivity contribution in [3.8, 4) is 6.07 Å². The normalized spacial score (nSPS) is 17.0. The number of fused-ring (bicyclic) bond motifs is 1. The van der Waals surface area contributed by atoms with Crippen LogP contribution in [-0.2, 0) is 19.1 Å². The third kappa shape index (κ3) is 3.52. The monoisotopic (exact) mass is 351 g/mol. The van der Waals surface area contributed by atoms with E-state index < -0.39 is 11.9 Å². The number of aromatic nitrogens is 3. The van der Waals surface area contributed by atoms with Crippen LogP contribution in [0.4, 0.5) is 13.2 Å². The Kier molecular flexibility index (Phi) is 4.29. The fraction of sp³-hybridized carbons (Fsp3) is 0.438. The van der Waals surface area contributed by atoms with Crippen molar-refractivity contribution in [1.82, 2.24) is 19.4 Å². The first kappa shape index (κ1) is 17.1. The number of nitrogens with one attached hydrogen (secondary N) is 1. The van der Waals surface area contributed by atoms with Gasteiger partial charge in [0.25, 0.3) is 5.91 Å². The van der Waals surface area contributed by atoms with E-state index in [1.165, 1.54) is 21.7 Å². The molecule has 0 bridgehead atoms. The number of aromatic amines is 1. The lowest BCUT2D eigenvalue weighted by molar-refractivity contribution is -0.141. The SMILES string of the molecule is CN(C[C@@H]1CCc2nc(C(F)(F)F)cn2C1)C(=O)c1cc(C#N)c[nH]1. The van der Waals surface area contributed by atoms with Gasteiger partial charge in [-0.25, -0.2) is 4.98 Å². The van der Waals surface area contributed by atoms with Crippen LogP contribution in [0.1, 0.15) is 34.0 Å². The summed E-state index contributed by atoms with van der Waals surface area (Å²) in [6.45, 7) is 0.808. The number of carbonyl (C=O) groups is 1. The Morgan fingerprint density at radius 3 is 2.96 bits per heavy atom. The Balaban J connectivity index is 1.65. The first-order chi connectivity index (χ1) is 11.8. The molecule has 25 heavy (non-hydrogen) atoms. The van der Waals surface area contributed by atoms with Crippen LogP contribution in [0.3, 0.4) is 0 Å². The molecule has 2 aromatic rings. The Morgan fingerprint density at radius 2 is 2.32 bits per heavy atom. The molecule has 0 aliphatic carbocycles. The maximum absolute atomic E-state index is 12.8. The number of rotatable bonds is 3. The van der Waals surface area contributed by atoms with Gasteiger partial charge < -0.3 is 14.5 Å². The van der Waals surface area contributed by atoms with Crippen molar-refractivity contribution in [2.24, 2.45) is 5.92 Å². The van der Waals surface area contributed by atoms with Crippen molar-refractivity contribution in [2.75, 3.05) is 13.6 Å². The maximum Gasteiger partial charge on any atom is 0.434 e. The molecule has 3 heterocycles. The second kappa shape index (κ2) is 6.27. The van der Waals surface area contributed by atoms with E-state index in [1.54, 1.807) is 7.05 Å². The summed E-state index contributed by atoms with van der Waals surface area (Å²) in [6, 6.07) is 3.42. The molecular weight excluding hydrogens is 335 g/mol. The number of amides is 1. The van der Waals surface area contributed by atoms with E-state index in [4.69, 9.17) is 5.26 Å². The molecule has 9 heteroatoms. The van der Waals surface area contributed by atoms with E-state index in [-0.39, 0.29) is 11.8 Å². The molecule has 1 aliphatic rings. The fourth-order valence-corrected chi connectivity index (χ4v) is 3.06. The van der Waals surface area contributed by atoms with Crippen molar-refractivity contribution in [3.05, 3.63) is 41.2 Å². The maximum atomic E-state index is 12.8. The molecule has 0 spiro atoms. The summed E-state index contributed by atoms with van der Waals surface area (Å²) in [7, 11) is 1.64. The van der Waals surface area contributed by atoms with Crippen molar-refractivity contribution < 1.29 is 18.0 Å². The number of hydrogen-bond acceptors (Lipinski definition) is 3. The van der Waals surface area contributed by atoms with Crippen LogP contribution >= 0.6 is 0 Å². The Hall–Kier alpha value is -2.76. The van der Waals surface area contributed by atoms with Crippen molar-refractivity contribution in [3.63, 3.8) is 0 Å². The number of nitrogens with zero attached hydrogens (tertiary/aromatic N) is 4. The summed E-state index contributed by atoms with van der Waals surface area (Å²) in [5.41, 5.74) is -0.183. The summed E-state index contributed by atoms with van der Waals surface area (Å²) >= 11 is 0. The minimum Gasteiger partial charge on any atom is -0.356 e. The quantitative estimate of drug-likeness (QED) is 0.923. The molecule has 1 amide bonds. The van der Waals surface area contributed by atoms with Gasteiger partial charge in [0, 0.05) is 39.0 Å². The van der Waals surface area contributed by atoms with Crippen LogP contribution < -0.4 is 0 Å². The predicted octanol–water partition coefficient (Wildman–Crippen LogP) is 2.44. The standard InChI is InChI=1S/C16H16F3N5O/c1-23(15(25)12-4-11(5-20)6-21-12)7-10-2-3-14-22-13(16(17,18)19)9-24(14)8-10/h4,6,9-10,21H,2-3,7-8H2,1H3/t10-/m0/s1. The van der Waals surface area contributed by atoms with Crippen LogP contribution in [0.25, 0.3) is 0 Å². The van der Waals surface area contributed by atoms with Crippen LogP contribution in [-0.4, -0.2) is 38.9 Å². The lowest BCUT2D eigenvalue weighted by Crippen LogP contribution is -2.35. The highest BCUT2D eigenvalue weighted by Crippen LogP contribution is 2.30. The number of hydrogen-bond donors (Lipinski definition) is 1. The summed E-state index contributed by atoms with van der Waals surface area (Å²) in [6.07, 6.45) is -0.839. The topological polar surface area (TPSA) is 77.7 Å². The molecule has 0 unspecified atom stereocenters. The average molecular weight is 351 g/mol. The number of alkyl halides is 3.